The van der Waals surface area contributed by atoms with Gasteiger partial charge in [0.05, 0.1) is 6.20 Å². The van der Waals surface area contributed by atoms with Crippen molar-refractivity contribution in [2.45, 2.75) is 12.8 Å². The number of nitrogens with one attached hydrogen (secondary N) is 2. The lowest BCUT2D eigenvalue weighted by molar-refractivity contribution is 1.09. The molecule has 0 spiro atoms. The molecule has 58 valence electrons. The van der Waals surface area contributed by atoms with Crippen LogP contribution in [0.2, 0.25) is 0 Å². The van der Waals surface area contributed by atoms with Crippen LogP contribution in [0.5, 0.6) is 0 Å². The van der Waals surface area contributed by atoms with E-state index in [1.165, 1.54) is 0 Å². The van der Waals surface area contributed by atoms with Crippen molar-refractivity contribution < 1.29 is 0 Å². The van der Waals surface area contributed by atoms with Crippen molar-refractivity contribution in [1.29, 1.82) is 5.41 Å². The van der Waals surface area contributed by atoms with Crippen LogP contribution >= 0.6 is 0 Å². The smallest absolute Gasteiger partial charge is 0.0577 e. The first kappa shape index (κ1) is 7.72. The zero-order valence-electron chi connectivity index (χ0n) is 6.30. The monoisotopic (exact) mass is 149 g/mol. The van der Waals surface area contributed by atoms with Gasteiger partial charge in [-0.05, 0) is 12.8 Å². The predicted molar refractivity (Wildman–Crippen MR) is 44.8 cm³/mol. The van der Waals surface area contributed by atoms with Crippen LogP contribution < -0.4 is 0 Å². The second kappa shape index (κ2) is 3.71. The topological polar surface area (TPSA) is 52.5 Å². The molecule has 1 aromatic rings. The Balaban J connectivity index is 2.49. The Morgan fingerprint density at radius 2 is 2.64 bits per heavy atom. The molecule has 0 aromatic carbocycles. The molecule has 0 bridgehead atoms. The van der Waals surface area contributed by atoms with Gasteiger partial charge >= 0.3 is 0 Å². The number of hydrogen-bond donors (Lipinski definition) is 2. The molecule has 0 amide bonds. The molecule has 3 nitrogen and oxygen atoms in total. The molecule has 0 aliphatic rings. The highest BCUT2D eigenvalue weighted by molar-refractivity contribution is 5.97. The fourth-order valence-corrected chi connectivity index (χ4v) is 0.807. The van der Waals surface area contributed by atoms with E-state index in [2.05, 4.69) is 16.8 Å². The molecule has 1 rings (SSSR count). The number of H-pyrrole nitrogens is 1. The quantitative estimate of drug-likeness (QED) is 0.497. The zero-order valence-corrected chi connectivity index (χ0v) is 6.30. The fraction of sp³-hybridized carbons (Fsp3) is 0.250. The zero-order chi connectivity index (χ0) is 8.10. The van der Waals surface area contributed by atoms with Gasteiger partial charge in [-0.25, -0.2) is 0 Å². The average molecular weight is 149 g/mol. The van der Waals surface area contributed by atoms with Crippen LogP contribution in [0.4, 0.5) is 0 Å². The molecule has 0 unspecified atom stereocenters. The van der Waals surface area contributed by atoms with Crippen LogP contribution in [0.3, 0.4) is 0 Å². The molecular weight excluding hydrogens is 138 g/mol. The van der Waals surface area contributed by atoms with Crippen molar-refractivity contribution >= 4 is 5.71 Å². The third kappa shape index (κ3) is 2.04. The first-order valence-corrected chi connectivity index (χ1v) is 3.52. The Kier molecular flexibility index (Phi) is 2.60. The molecular formula is C8H11N3. The molecule has 3 heteroatoms. The average Bonchev–Trinajstić information content (AvgIpc) is 2.52. The van der Waals surface area contributed by atoms with Gasteiger partial charge < -0.3 is 5.41 Å². The van der Waals surface area contributed by atoms with E-state index in [1.807, 2.05) is 6.08 Å². The van der Waals surface area contributed by atoms with Gasteiger partial charge in [0.15, 0.2) is 0 Å². The van der Waals surface area contributed by atoms with Gasteiger partial charge in [-0.15, -0.1) is 6.58 Å². The van der Waals surface area contributed by atoms with Crippen LogP contribution in [0.25, 0.3) is 0 Å². The second-order valence-electron chi connectivity index (χ2n) is 2.29. The normalized spacial score (nSPS) is 9.45. The number of aromatic nitrogens is 2. The Bertz CT molecular complexity index is 236. The Morgan fingerprint density at radius 1 is 1.82 bits per heavy atom. The highest BCUT2D eigenvalue weighted by atomic mass is 15.1. The minimum atomic E-state index is 0.610. The highest BCUT2D eigenvalue weighted by Gasteiger charge is 1.99. The van der Waals surface area contributed by atoms with E-state index in [1.54, 1.807) is 12.4 Å². The summed E-state index contributed by atoms with van der Waals surface area (Å²) in [5.74, 6) is 0. The van der Waals surface area contributed by atoms with Gasteiger partial charge in [0.25, 0.3) is 0 Å². The van der Waals surface area contributed by atoms with Crippen molar-refractivity contribution in [1.82, 2.24) is 10.2 Å². The van der Waals surface area contributed by atoms with Gasteiger partial charge in [0.2, 0.25) is 0 Å². The van der Waals surface area contributed by atoms with E-state index in [-0.39, 0.29) is 0 Å². The molecule has 0 atom stereocenters. The molecule has 0 radical (unpaired) electrons. The largest absolute Gasteiger partial charge is 0.305 e. The minimum Gasteiger partial charge on any atom is -0.305 e. The molecule has 11 heavy (non-hydrogen) atoms. The van der Waals surface area contributed by atoms with Crippen molar-refractivity contribution in [2.75, 3.05) is 0 Å². The summed E-state index contributed by atoms with van der Waals surface area (Å²) in [6.07, 6.45) is 6.79. The summed E-state index contributed by atoms with van der Waals surface area (Å²) < 4.78 is 0. The molecule has 0 fully saturated rings. The number of allylic oxidation sites excluding steroid dienone is 1. The van der Waals surface area contributed by atoms with Crippen molar-refractivity contribution in [2.24, 2.45) is 0 Å². The van der Waals surface area contributed by atoms with E-state index in [9.17, 15) is 0 Å². The van der Waals surface area contributed by atoms with Gasteiger partial charge in [0.1, 0.15) is 0 Å². The van der Waals surface area contributed by atoms with E-state index >= 15 is 0 Å². The SMILES string of the molecule is C=CCCC(=N)c1cn[nH]c1. The van der Waals surface area contributed by atoms with Gasteiger partial charge in [-0.2, -0.15) is 5.10 Å². The first-order valence-electron chi connectivity index (χ1n) is 3.52. The molecule has 0 saturated carbocycles. The highest BCUT2D eigenvalue weighted by Crippen LogP contribution is 2.01. The van der Waals surface area contributed by atoms with E-state index in [4.69, 9.17) is 5.41 Å². The van der Waals surface area contributed by atoms with E-state index in [0.29, 0.717) is 5.71 Å². The summed E-state index contributed by atoms with van der Waals surface area (Å²) in [4.78, 5) is 0. The first-order chi connectivity index (χ1) is 5.34. The standard InChI is InChI=1S/C8H11N3/c1-2-3-4-8(9)7-5-10-11-6-7/h2,5-6,9H,1,3-4H2,(H,10,11). The summed E-state index contributed by atoms with van der Waals surface area (Å²) in [6, 6.07) is 0. The van der Waals surface area contributed by atoms with Crippen LogP contribution in [0.1, 0.15) is 18.4 Å². The lowest BCUT2D eigenvalue weighted by atomic mass is 10.1. The summed E-state index contributed by atoms with van der Waals surface area (Å²) in [7, 11) is 0. The summed E-state index contributed by atoms with van der Waals surface area (Å²) in [5.41, 5.74) is 1.48. The summed E-state index contributed by atoms with van der Waals surface area (Å²) in [5, 5.41) is 14.0. The third-order valence-corrected chi connectivity index (χ3v) is 1.45. The van der Waals surface area contributed by atoms with Crippen LogP contribution in [-0.4, -0.2) is 15.9 Å². The lowest BCUT2D eigenvalue weighted by Crippen LogP contribution is -1.95. The Labute approximate surface area is 65.6 Å². The number of hydrogen-bond acceptors (Lipinski definition) is 2. The third-order valence-electron chi connectivity index (χ3n) is 1.45. The van der Waals surface area contributed by atoms with Gasteiger partial charge in [-0.1, -0.05) is 6.08 Å². The Morgan fingerprint density at radius 3 is 3.18 bits per heavy atom. The van der Waals surface area contributed by atoms with Crippen LogP contribution in [0, 0.1) is 5.41 Å². The van der Waals surface area contributed by atoms with Crippen LogP contribution in [0.15, 0.2) is 25.0 Å². The number of rotatable bonds is 4. The Hall–Kier alpha value is -1.38. The molecule has 0 aliphatic heterocycles. The van der Waals surface area contributed by atoms with E-state index in [0.717, 1.165) is 18.4 Å². The van der Waals surface area contributed by atoms with Crippen LogP contribution in [-0.2, 0) is 0 Å². The fourth-order valence-electron chi connectivity index (χ4n) is 0.807. The maximum absolute atomic E-state index is 7.54. The lowest BCUT2D eigenvalue weighted by Gasteiger charge is -1.95. The summed E-state index contributed by atoms with van der Waals surface area (Å²) in [6.45, 7) is 3.59. The summed E-state index contributed by atoms with van der Waals surface area (Å²) >= 11 is 0. The molecule has 0 saturated heterocycles. The van der Waals surface area contributed by atoms with Crippen molar-refractivity contribution in [3.05, 3.63) is 30.6 Å². The van der Waals surface area contributed by atoms with Crippen molar-refractivity contribution in [3.8, 4) is 0 Å². The molecule has 0 aliphatic carbocycles. The molecule has 1 heterocycles. The van der Waals surface area contributed by atoms with E-state index < -0.39 is 0 Å². The second-order valence-corrected chi connectivity index (χ2v) is 2.29. The van der Waals surface area contributed by atoms with Crippen molar-refractivity contribution in [3.63, 3.8) is 0 Å². The van der Waals surface area contributed by atoms with Gasteiger partial charge in [0, 0.05) is 17.5 Å². The maximum atomic E-state index is 7.54. The molecule has 1 aromatic heterocycles. The van der Waals surface area contributed by atoms with Gasteiger partial charge in [-0.3, -0.25) is 5.10 Å². The number of nitrogens with zero attached hydrogens (tertiary/aromatic N) is 1. The predicted octanol–water partition coefficient (Wildman–Crippen LogP) is 1.74. The maximum Gasteiger partial charge on any atom is 0.0577 e. The number of aromatic amines is 1. The minimum absolute atomic E-state index is 0.610. The molecule has 2 N–H and O–H groups in total.